The molecule has 6 heteroatoms. The first-order chi connectivity index (χ1) is 13.7. The van der Waals surface area contributed by atoms with Gasteiger partial charge in [-0.05, 0) is 67.6 Å². The molecule has 2 aromatic carbocycles. The smallest absolute Gasteiger partial charge is 0.298 e. The Labute approximate surface area is 162 Å². The fourth-order valence-corrected chi connectivity index (χ4v) is 4.58. The van der Waals surface area contributed by atoms with E-state index in [1.165, 1.54) is 25.7 Å². The Balaban J connectivity index is 1.24. The second-order valence-corrected chi connectivity index (χ2v) is 8.03. The number of nitrogens with zero attached hydrogens (tertiary/aromatic N) is 2. The molecule has 6 rings (SSSR count). The average Bonchev–Trinajstić information content (AvgIpc) is 3.24. The molecule has 1 spiro atoms. The van der Waals surface area contributed by atoms with Crippen LogP contribution in [0.15, 0.2) is 40.8 Å². The maximum absolute atomic E-state index is 12.6. The zero-order chi connectivity index (χ0) is 18.7. The number of benzene rings is 2. The highest BCUT2D eigenvalue weighted by molar-refractivity contribution is 6.05. The maximum atomic E-state index is 12.6. The Morgan fingerprint density at radius 3 is 2.86 bits per heavy atom. The molecule has 28 heavy (non-hydrogen) atoms. The SMILES string of the molecule is O=C(Nc1ccc2oc(N3CCC34CCC4)nc2c1)c1ccc2c(c1)CCO2. The number of rotatable bonds is 3. The van der Waals surface area contributed by atoms with E-state index in [4.69, 9.17) is 14.1 Å². The van der Waals surface area contributed by atoms with E-state index in [1.54, 1.807) is 6.07 Å². The van der Waals surface area contributed by atoms with Crippen molar-refractivity contribution in [2.45, 2.75) is 37.6 Å². The molecule has 1 aromatic heterocycles. The monoisotopic (exact) mass is 375 g/mol. The summed E-state index contributed by atoms with van der Waals surface area (Å²) < 4.78 is 11.5. The van der Waals surface area contributed by atoms with Gasteiger partial charge in [-0.1, -0.05) is 0 Å². The van der Waals surface area contributed by atoms with Crippen molar-refractivity contribution in [1.29, 1.82) is 0 Å². The topological polar surface area (TPSA) is 67.6 Å². The molecular formula is C22H21N3O3. The number of oxazole rings is 1. The minimum Gasteiger partial charge on any atom is -0.493 e. The molecule has 1 saturated carbocycles. The van der Waals surface area contributed by atoms with Crippen LogP contribution in [0.5, 0.6) is 5.75 Å². The molecule has 142 valence electrons. The van der Waals surface area contributed by atoms with Crippen LogP contribution in [0.4, 0.5) is 11.7 Å². The summed E-state index contributed by atoms with van der Waals surface area (Å²) in [6.07, 6.45) is 5.85. The molecule has 6 nitrogen and oxygen atoms in total. The lowest BCUT2D eigenvalue weighted by molar-refractivity contribution is 0.102. The van der Waals surface area contributed by atoms with Gasteiger partial charge in [-0.2, -0.15) is 4.98 Å². The fraction of sp³-hybridized carbons (Fsp3) is 0.364. The number of carbonyl (C=O) groups excluding carboxylic acids is 1. The van der Waals surface area contributed by atoms with Crippen LogP contribution in [0.3, 0.4) is 0 Å². The number of hydrogen-bond acceptors (Lipinski definition) is 5. The van der Waals surface area contributed by atoms with Gasteiger partial charge in [0, 0.05) is 29.8 Å². The molecule has 0 bridgehead atoms. The fourth-order valence-electron chi connectivity index (χ4n) is 4.58. The van der Waals surface area contributed by atoms with Crippen molar-refractivity contribution in [2.75, 3.05) is 23.4 Å². The number of ether oxygens (including phenoxy) is 1. The first-order valence-corrected chi connectivity index (χ1v) is 9.96. The summed E-state index contributed by atoms with van der Waals surface area (Å²) in [4.78, 5) is 19.6. The molecule has 1 amide bonds. The first-order valence-electron chi connectivity index (χ1n) is 9.96. The van der Waals surface area contributed by atoms with Crippen molar-refractivity contribution < 1.29 is 13.9 Å². The summed E-state index contributed by atoms with van der Waals surface area (Å²) >= 11 is 0. The van der Waals surface area contributed by atoms with Crippen molar-refractivity contribution in [2.24, 2.45) is 0 Å². The lowest BCUT2D eigenvalue weighted by Crippen LogP contribution is -2.64. The van der Waals surface area contributed by atoms with E-state index in [1.807, 2.05) is 30.3 Å². The van der Waals surface area contributed by atoms with E-state index >= 15 is 0 Å². The van der Waals surface area contributed by atoms with Gasteiger partial charge >= 0.3 is 0 Å². The summed E-state index contributed by atoms with van der Waals surface area (Å²) in [5, 5.41) is 2.97. The van der Waals surface area contributed by atoms with Crippen LogP contribution in [0, 0.1) is 0 Å². The molecular weight excluding hydrogens is 354 g/mol. The summed E-state index contributed by atoms with van der Waals surface area (Å²) in [7, 11) is 0. The van der Waals surface area contributed by atoms with Gasteiger partial charge in [-0.15, -0.1) is 0 Å². The highest BCUT2D eigenvalue weighted by Crippen LogP contribution is 2.49. The number of fused-ring (bicyclic) bond motifs is 2. The molecule has 1 aliphatic carbocycles. The zero-order valence-electron chi connectivity index (χ0n) is 15.5. The van der Waals surface area contributed by atoms with Crippen LogP contribution < -0.4 is 15.0 Å². The molecule has 3 aromatic rings. The molecule has 0 unspecified atom stereocenters. The highest BCUT2D eigenvalue weighted by atomic mass is 16.5. The second-order valence-electron chi connectivity index (χ2n) is 8.03. The molecule has 0 radical (unpaired) electrons. The molecule has 2 fully saturated rings. The van der Waals surface area contributed by atoms with E-state index in [9.17, 15) is 4.79 Å². The molecule has 0 atom stereocenters. The van der Waals surface area contributed by atoms with Gasteiger partial charge in [0.05, 0.1) is 6.61 Å². The molecule has 3 heterocycles. The summed E-state index contributed by atoms with van der Waals surface area (Å²) in [6.45, 7) is 1.70. The number of hydrogen-bond donors (Lipinski definition) is 1. The van der Waals surface area contributed by atoms with E-state index in [2.05, 4.69) is 10.2 Å². The third kappa shape index (κ3) is 2.33. The zero-order valence-corrected chi connectivity index (χ0v) is 15.5. The summed E-state index contributed by atoms with van der Waals surface area (Å²) in [6, 6.07) is 11.9. The minimum atomic E-state index is -0.131. The normalized spacial score (nSPS) is 19.1. The molecule has 2 aliphatic heterocycles. The van der Waals surface area contributed by atoms with Crippen molar-refractivity contribution in [1.82, 2.24) is 4.98 Å². The maximum Gasteiger partial charge on any atom is 0.298 e. The quantitative estimate of drug-likeness (QED) is 0.745. The average molecular weight is 375 g/mol. The number of anilines is 2. The summed E-state index contributed by atoms with van der Waals surface area (Å²) in [5.41, 5.74) is 4.27. The van der Waals surface area contributed by atoms with E-state index in [0.29, 0.717) is 23.7 Å². The highest BCUT2D eigenvalue weighted by Gasteiger charge is 2.50. The lowest BCUT2D eigenvalue weighted by atomic mass is 9.68. The van der Waals surface area contributed by atoms with Crippen molar-refractivity contribution in [3.63, 3.8) is 0 Å². The predicted molar refractivity (Wildman–Crippen MR) is 106 cm³/mol. The summed E-state index contributed by atoms with van der Waals surface area (Å²) in [5.74, 6) is 0.747. The van der Waals surface area contributed by atoms with Crippen LogP contribution in [0.1, 0.15) is 41.6 Å². The van der Waals surface area contributed by atoms with Gasteiger partial charge in [0.15, 0.2) is 5.58 Å². The van der Waals surface area contributed by atoms with Crippen LogP contribution >= 0.6 is 0 Å². The lowest BCUT2D eigenvalue weighted by Gasteiger charge is -2.57. The standard InChI is InChI=1S/C22H21N3O3/c26-20(15-2-4-18-14(12-15)6-11-27-18)23-16-3-5-19-17(13-16)24-21(28-19)25-10-9-22(25)7-1-8-22/h2-5,12-13H,1,6-11H2,(H,23,26). The second kappa shape index (κ2) is 5.74. The van der Waals surface area contributed by atoms with Crippen molar-refractivity contribution in [3.05, 3.63) is 47.5 Å². The van der Waals surface area contributed by atoms with E-state index < -0.39 is 0 Å². The number of nitrogens with one attached hydrogen (secondary N) is 1. The van der Waals surface area contributed by atoms with Gasteiger partial charge in [-0.3, -0.25) is 4.79 Å². The Bertz CT molecular complexity index is 1090. The Hall–Kier alpha value is -3.02. The predicted octanol–water partition coefficient (Wildman–Crippen LogP) is 4.15. The Morgan fingerprint density at radius 2 is 2.07 bits per heavy atom. The largest absolute Gasteiger partial charge is 0.493 e. The van der Waals surface area contributed by atoms with E-state index in [0.717, 1.165) is 41.1 Å². The van der Waals surface area contributed by atoms with E-state index in [-0.39, 0.29) is 5.91 Å². The minimum absolute atomic E-state index is 0.131. The van der Waals surface area contributed by atoms with Gasteiger partial charge < -0.3 is 19.4 Å². The molecule has 1 saturated heterocycles. The van der Waals surface area contributed by atoms with Crippen LogP contribution in [0.25, 0.3) is 11.1 Å². The van der Waals surface area contributed by atoms with Gasteiger partial charge in [0.2, 0.25) is 0 Å². The van der Waals surface area contributed by atoms with Crippen LogP contribution in [-0.4, -0.2) is 29.6 Å². The Morgan fingerprint density at radius 1 is 1.14 bits per heavy atom. The third-order valence-electron chi connectivity index (χ3n) is 6.47. The van der Waals surface area contributed by atoms with Crippen LogP contribution in [-0.2, 0) is 6.42 Å². The number of carbonyl (C=O) groups is 1. The van der Waals surface area contributed by atoms with Gasteiger partial charge in [0.1, 0.15) is 11.3 Å². The van der Waals surface area contributed by atoms with Crippen molar-refractivity contribution >= 4 is 28.7 Å². The van der Waals surface area contributed by atoms with Crippen LogP contribution in [0.2, 0.25) is 0 Å². The van der Waals surface area contributed by atoms with Gasteiger partial charge in [-0.25, -0.2) is 0 Å². The molecule has 1 N–H and O–H groups in total. The van der Waals surface area contributed by atoms with Crippen molar-refractivity contribution in [3.8, 4) is 5.75 Å². The third-order valence-corrected chi connectivity index (χ3v) is 6.47. The first kappa shape index (κ1) is 16.0. The number of amides is 1. The molecule has 3 aliphatic rings. The Kier molecular flexibility index (Phi) is 3.27. The van der Waals surface area contributed by atoms with Gasteiger partial charge in [0.25, 0.3) is 11.9 Å². The number of aromatic nitrogens is 1.